The second-order valence-corrected chi connectivity index (χ2v) is 7.95. The zero-order chi connectivity index (χ0) is 18.4. The standard InChI is InChI=1S/C19H15Br2NO3/c1-19(2,25)13-9-16(23)11-5-3-4-6-12(11)17(13)22-10-7-14(20)18(24)15(21)8-10/h3-9,24-25H,1-2H3. The average Bonchev–Trinajstić information content (AvgIpc) is 2.54. The lowest BCUT2D eigenvalue weighted by molar-refractivity contribution is 0.102. The van der Waals surface area contributed by atoms with Gasteiger partial charge in [0.15, 0.2) is 5.78 Å². The number of fused-ring (bicyclic) bond motifs is 1. The molecule has 0 unspecified atom stereocenters. The van der Waals surface area contributed by atoms with Crippen molar-refractivity contribution in [3.8, 4) is 5.75 Å². The molecule has 2 aromatic carbocycles. The minimum atomic E-state index is -1.23. The first kappa shape index (κ1) is 18.0. The number of hydrogen-bond donors (Lipinski definition) is 2. The molecule has 0 saturated heterocycles. The molecular weight excluding hydrogens is 450 g/mol. The van der Waals surface area contributed by atoms with Crippen LogP contribution < -0.4 is 0 Å². The van der Waals surface area contributed by atoms with Crippen LogP contribution in [0.15, 0.2) is 62.0 Å². The van der Waals surface area contributed by atoms with E-state index in [0.717, 1.165) is 0 Å². The van der Waals surface area contributed by atoms with Gasteiger partial charge in [-0.3, -0.25) is 4.79 Å². The average molecular weight is 465 g/mol. The largest absolute Gasteiger partial charge is 0.506 e. The van der Waals surface area contributed by atoms with Gasteiger partial charge in [0, 0.05) is 16.7 Å². The number of aliphatic imine (C=N–C) groups is 1. The summed E-state index contributed by atoms with van der Waals surface area (Å²) in [7, 11) is 0. The Balaban J connectivity index is 2.26. The van der Waals surface area contributed by atoms with Crippen LogP contribution in [0.4, 0.5) is 5.69 Å². The van der Waals surface area contributed by atoms with Crippen molar-refractivity contribution < 1.29 is 15.0 Å². The number of allylic oxidation sites excluding steroid dienone is 1. The molecule has 2 N–H and O–H groups in total. The number of phenols is 1. The minimum absolute atomic E-state index is 0.0847. The molecule has 1 aliphatic rings. The van der Waals surface area contributed by atoms with Gasteiger partial charge >= 0.3 is 0 Å². The van der Waals surface area contributed by atoms with Gasteiger partial charge in [-0.2, -0.15) is 0 Å². The van der Waals surface area contributed by atoms with Crippen LogP contribution in [-0.4, -0.2) is 27.3 Å². The van der Waals surface area contributed by atoms with E-state index in [4.69, 9.17) is 0 Å². The second kappa shape index (κ2) is 6.52. The van der Waals surface area contributed by atoms with Crippen LogP contribution >= 0.6 is 31.9 Å². The van der Waals surface area contributed by atoms with Crippen molar-refractivity contribution in [2.75, 3.05) is 0 Å². The van der Waals surface area contributed by atoms with Crippen molar-refractivity contribution in [1.82, 2.24) is 0 Å². The molecular formula is C19H15Br2NO3. The molecule has 2 aromatic rings. The van der Waals surface area contributed by atoms with E-state index < -0.39 is 5.60 Å². The summed E-state index contributed by atoms with van der Waals surface area (Å²) in [5.41, 5.74) is 1.56. The van der Waals surface area contributed by atoms with E-state index in [1.807, 2.05) is 12.1 Å². The Morgan fingerprint density at radius 3 is 2.16 bits per heavy atom. The van der Waals surface area contributed by atoms with Gasteiger partial charge in [-0.25, -0.2) is 4.99 Å². The fourth-order valence-corrected chi connectivity index (χ4v) is 3.82. The molecule has 4 nitrogen and oxygen atoms in total. The predicted molar refractivity (Wildman–Crippen MR) is 105 cm³/mol. The minimum Gasteiger partial charge on any atom is -0.506 e. The highest BCUT2D eigenvalue weighted by molar-refractivity contribution is 9.11. The third-order valence-corrected chi connectivity index (χ3v) is 5.09. The number of ketones is 1. The van der Waals surface area contributed by atoms with Crippen molar-refractivity contribution in [3.63, 3.8) is 0 Å². The summed E-state index contributed by atoms with van der Waals surface area (Å²) in [6.07, 6.45) is 1.44. The summed E-state index contributed by atoms with van der Waals surface area (Å²) >= 11 is 6.58. The number of carbonyl (C=O) groups excluding carboxylic acids is 1. The van der Waals surface area contributed by atoms with E-state index in [9.17, 15) is 15.0 Å². The smallest absolute Gasteiger partial charge is 0.186 e. The van der Waals surface area contributed by atoms with Gasteiger partial charge < -0.3 is 10.2 Å². The van der Waals surface area contributed by atoms with Gasteiger partial charge in [0.25, 0.3) is 0 Å². The molecule has 0 heterocycles. The molecule has 3 rings (SSSR count). The van der Waals surface area contributed by atoms with Crippen molar-refractivity contribution in [2.24, 2.45) is 4.99 Å². The van der Waals surface area contributed by atoms with E-state index in [-0.39, 0.29) is 11.5 Å². The van der Waals surface area contributed by atoms with Crippen LogP contribution in [0, 0.1) is 0 Å². The number of phenolic OH excluding ortho intramolecular Hbond substituents is 1. The van der Waals surface area contributed by atoms with Crippen LogP contribution in [0.2, 0.25) is 0 Å². The monoisotopic (exact) mass is 463 g/mol. The molecule has 0 fully saturated rings. The maximum absolute atomic E-state index is 12.4. The normalized spacial score (nSPS) is 16.0. The van der Waals surface area contributed by atoms with Crippen molar-refractivity contribution in [1.29, 1.82) is 0 Å². The summed E-state index contributed by atoms with van der Waals surface area (Å²) < 4.78 is 0.991. The Morgan fingerprint density at radius 2 is 1.60 bits per heavy atom. The Hall–Kier alpha value is -1.76. The molecule has 0 aromatic heterocycles. The quantitative estimate of drug-likeness (QED) is 0.661. The van der Waals surface area contributed by atoms with Crippen LogP contribution in [0.1, 0.15) is 29.8 Å². The maximum Gasteiger partial charge on any atom is 0.186 e. The molecule has 0 saturated carbocycles. The summed E-state index contributed by atoms with van der Waals surface area (Å²) in [4.78, 5) is 17.1. The molecule has 0 atom stereocenters. The molecule has 0 aliphatic heterocycles. The van der Waals surface area contributed by atoms with Gasteiger partial charge in [0.2, 0.25) is 0 Å². The van der Waals surface area contributed by atoms with Crippen LogP contribution in [0.5, 0.6) is 5.75 Å². The van der Waals surface area contributed by atoms with Gasteiger partial charge in [0.1, 0.15) is 5.75 Å². The van der Waals surface area contributed by atoms with Gasteiger partial charge in [-0.1, -0.05) is 24.3 Å². The Kier molecular flexibility index (Phi) is 4.70. The number of halogens is 2. The highest BCUT2D eigenvalue weighted by Crippen LogP contribution is 2.38. The molecule has 0 spiro atoms. The molecule has 0 amide bonds. The number of rotatable bonds is 2. The van der Waals surface area contributed by atoms with Crippen molar-refractivity contribution >= 4 is 49.0 Å². The first-order valence-corrected chi connectivity index (χ1v) is 9.12. The molecule has 1 aliphatic carbocycles. The lowest BCUT2D eigenvalue weighted by Gasteiger charge is -2.27. The highest BCUT2D eigenvalue weighted by atomic mass is 79.9. The van der Waals surface area contributed by atoms with E-state index in [2.05, 4.69) is 36.9 Å². The van der Waals surface area contributed by atoms with E-state index in [1.54, 1.807) is 38.1 Å². The van der Waals surface area contributed by atoms with Gasteiger partial charge in [-0.15, -0.1) is 0 Å². The summed E-state index contributed by atoms with van der Waals surface area (Å²) in [6, 6.07) is 10.5. The third-order valence-electron chi connectivity index (χ3n) is 3.88. The lowest BCUT2D eigenvalue weighted by Crippen LogP contribution is -2.32. The first-order valence-electron chi connectivity index (χ1n) is 7.54. The van der Waals surface area contributed by atoms with Gasteiger partial charge in [0.05, 0.1) is 25.9 Å². The number of benzene rings is 2. The Labute approximate surface area is 162 Å². The lowest BCUT2D eigenvalue weighted by atomic mass is 9.82. The molecule has 25 heavy (non-hydrogen) atoms. The van der Waals surface area contributed by atoms with E-state index in [0.29, 0.717) is 37.0 Å². The topological polar surface area (TPSA) is 69.9 Å². The van der Waals surface area contributed by atoms with Crippen LogP contribution in [0.25, 0.3) is 0 Å². The SMILES string of the molecule is CC(C)(O)C1=CC(=O)c2ccccc2C1=Nc1cc(Br)c(O)c(Br)c1. The second-order valence-electron chi connectivity index (χ2n) is 6.25. The zero-order valence-electron chi connectivity index (χ0n) is 13.5. The van der Waals surface area contributed by atoms with Gasteiger partial charge in [-0.05, 0) is 63.9 Å². The third kappa shape index (κ3) is 3.47. The van der Waals surface area contributed by atoms with E-state index >= 15 is 0 Å². The summed E-state index contributed by atoms with van der Waals surface area (Å²) in [5.74, 6) is -0.0684. The molecule has 0 bridgehead atoms. The fraction of sp³-hybridized carbons (Fsp3) is 0.158. The zero-order valence-corrected chi connectivity index (χ0v) is 16.7. The number of aliphatic hydroxyl groups is 1. The number of aromatic hydroxyl groups is 1. The van der Waals surface area contributed by atoms with Crippen molar-refractivity contribution in [3.05, 3.63) is 68.1 Å². The predicted octanol–water partition coefficient (Wildman–Crippen LogP) is 4.93. The molecule has 0 radical (unpaired) electrons. The molecule has 128 valence electrons. The number of hydrogen-bond acceptors (Lipinski definition) is 4. The number of nitrogens with zero attached hydrogens (tertiary/aromatic N) is 1. The summed E-state index contributed by atoms with van der Waals surface area (Å²) in [6.45, 7) is 3.25. The fourth-order valence-electron chi connectivity index (χ4n) is 2.66. The van der Waals surface area contributed by atoms with E-state index in [1.165, 1.54) is 6.08 Å². The first-order chi connectivity index (χ1) is 11.7. The van der Waals surface area contributed by atoms with Crippen LogP contribution in [-0.2, 0) is 0 Å². The highest BCUT2D eigenvalue weighted by Gasteiger charge is 2.32. The number of carbonyl (C=O) groups is 1. The van der Waals surface area contributed by atoms with Crippen LogP contribution in [0.3, 0.4) is 0 Å². The summed E-state index contributed by atoms with van der Waals surface area (Å²) in [5, 5.41) is 20.4. The Bertz CT molecular complexity index is 917. The maximum atomic E-state index is 12.4. The Morgan fingerprint density at radius 1 is 1.04 bits per heavy atom. The van der Waals surface area contributed by atoms with Crippen molar-refractivity contribution in [2.45, 2.75) is 19.4 Å². The molecule has 6 heteroatoms.